The lowest BCUT2D eigenvalue weighted by atomic mass is 10.7. The Morgan fingerprint density at radius 1 is 1.83 bits per heavy atom. The van der Waals surface area contributed by atoms with Gasteiger partial charge in [0.1, 0.15) is 0 Å². The van der Waals surface area contributed by atoms with Gasteiger partial charge in [0.2, 0.25) is 0 Å². The van der Waals surface area contributed by atoms with Crippen LogP contribution in [0.3, 0.4) is 0 Å². The normalized spacial score (nSPS) is 10.0. The Labute approximate surface area is 46.4 Å². The lowest BCUT2D eigenvalue weighted by Crippen LogP contribution is -2.27. The van der Waals surface area contributed by atoms with Crippen LogP contribution >= 0.6 is 15.9 Å². The van der Waals surface area contributed by atoms with Gasteiger partial charge in [0.25, 0.3) is 0 Å². The zero-order valence-corrected chi connectivity index (χ0v) is 5.40. The van der Waals surface area contributed by atoms with Crippen LogP contribution in [0.4, 0.5) is 0 Å². The number of hydrogen-bond donors (Lipinski definition) is 1. The first kappa shape index (κ1) is 6.40. The van der Waals surface area contributed by atoms with Crippen molar-refractivity contribution >= 4 is 15.9 Å². The van der Waals surface area contributed by atoms with Gasteiger partial charge in [-0.3, -0.25) is 5.84 Å². The van der Waals surface area contributed by atoms with E-state index >= 15 is 0 Å². The molecule has 0 fully saturated rings. The quantitative estimate of drug-likeness (QED) is 0.348. The van der Waals surface area contributed by atoms with Gasteiger partial charge in [-0.05, 0) is 0 Å². The van der Waals surface area contributed by atoms with Crippen LogP contribution in [0.1, 0.15) is 0 Å². The number of rotatable bonds is 2. The van der Waals surface area contributed by atoms with Gasteiger partial charge >= 0.3 is 0 Å². The van der Waals surface area contributed by atoms with Crippen molar-refractivity contribution in [2.45, 2.75) is 0 Å². The Balaban J connectivity index is 2.63. The van der Waals surface area contributed by atoms with Gasteiger partial charge in [0, 0.05) is 18.9 Å². The summed E-state index contributed by atoms with van der Waals surface area (Å²) in [6, 6.07) is 0. The molecule has 6 heavy (non-hydrogen) atoms. The van der Waals surface area contributed by atoms with Crippen LogP contribution in [-0.2, 0) is 0 Å². The van der Waals surface area contributed by atoms with Crippen molar-refractivity contribution in [3.8, 4) is 0 Å². The highest BCUT2D eigenvalue weighted by atomic mass is 79.9. The smallest absolute Gasteiger partial charge is 0.0222 e. The van der Waals surface area contributed by atoms with Crippen molar-refractivity contribution in [2.24, 2.45) is 5.84 Å². The summed E-state index contributed by atoms with van der Waals surface area (Å²) < 4.78 is 0. The van der Waals surface area contributed by atoms with Gasteiger partial charge in [-0.2, -0.15) is 0 Å². The van der Waals surface area contributed by atoms with E-state index in [2.05, 4.69) is 15.9 Å². The topological polar surface area (TPSA) is 29.3 Å². The van der Waals surface area contributed by atoms with E-state index in [-0.39, 0.29) is 0 Å². The van der Waals surface area contributed by atoms with Crippen LogP contribution in [-0.4, -0.2) is 23.9 Å². The molecule has 0 bridgehead atoms. The molecule has 0 aliphatic rings. The van der Waals surface area contributed by atoms with Gasteiger partial charge in [0.15, 0.2) is 0 Å². The zero-order valence-electron chi connectivity index (χ0n) is 3.82. The molecule has 0 aliphatic heterocycles. The molecule has 3 heteroatoms. The third-order valence-electron chi connectivity index (χ3n) is 0.437. The molecule has 0 saturated heterocycles. The van der Waals surface area contributed by atoms with Crippen LogP contribution in [0.2, 0.25) is 0 Å². The molecule has 0 radical (unpaired) electrons. The summed E-state index contributed by atoms with van der Waals surface area (Å²) >= 11 is 3.23. The Morgan fingerprint density at radius 3 is 2.33 bits per heavy atom. The first-order valence-corrected chi connectivity index (χ1v) is 2.91. The van der Waals surface area contributed by atoms with Gasteiger partial charge < -0.3 is 0 Å². The Kier molecular flexibility index (Phi) is 3.82. The van der Waals surface area contributed by atoms with E-state index in [0.29, 0.717) is 0 Å². The largest absolute Gasteiger partial charge is 0.269 e. The Morgan fingerprint density at radius 2 is 2.33 bits per heavy atom. The number of alkyl halides is 1. The van der Waals surface area contributed by atoms with Crippen molar-refractivity contribution in [1.29, 1.82) is 0 Å². The van der Waals surface area contributed by atoms with Crippen molar-refractivity contribution in [3.63, 3.8) is 0 Å². The highest BCUT2D eigenvalue weighted by Gasteiger charge is 1.81. The SMILES string of the molecule is CN(N)CCBr. The standard InChI is InChI=1S/C3H9BrN2/c1-6(5)3-2-4/h2-3,5H2,1H3. The van der Waals surface area contributed by atoms with Crippen molar-refractivity contribution in [1.82, 2.24) is 5.01 Å². The molecule has 38 valence electrons. The first-order valence-electron chi connectivity index (χ1n) is 1.79. The molecule has 0 aromatic rings. The van der Waals surface area contributed by atoms with E-state index in [1.165, 1.54) is 0 Å². The lowest BCUT2D eigenvalue weighted by Gasteiger charge is -2.03. The maximum Gasteiger partial charge on any atom is 0.0222 e. The molecule has 0 aromatic heterocycles. The van der Waals surface area contributed by atoms with E-state index in [4.69, 9.17) is 5.84 Å². The third-order valence-corrected chi connectivity index (χ3v) is 0.792. The predicted molar refractivity (Wildman–Crippen MR) is 30.6 cm³/mol. The monoisotopic (exact) mass is 152 g/mol. The molecule has 2 N–H and O–H groups in total. The zero-order chi connectivity index (χ0) is 4.99. The summed E-state index contributed by atoms with van der Waals surface area (Å²) in [5.74, 6) is 5.21. The summed E-state index contributed by atoms with van der Waals surface area (Å²) in [6.07, 6.45) is 0. The number of nitrogens with zero attached hydrogens (tertiary/aromatic N) is 1. The highest BCUT2D eigenvalue weighted by Crippen LogP contribution is 1.77. The van der Waals surface area contributed by atoms with E-state index in [1.54, 1.807) is 5.01 Å². The predicted octanol–water partition coefficient (Wildman–Crippen LogP) is 0.187. The Hall–Kier alpha value is 0.400. The van der Waals surface area contributed by atoms with Gasteiger partial charge in [-0.1, -0.05) is 15.9 Å². The summed E-state index contributed by atoms with van der Waals surface area (Å²) in [6.45, 7) is 0.903. The van der Waals surface area contributed by atoms with E-state index in [0.717, 1.165) is 11.9 Å². The molecule has 0 rings (SSSR count). The number of nitrogens with two attached hydrogens (primary N) is 1. The maximum absolute atomic E-state index is 5.21. The maximum atomic E-state index is 5.21. The van der Waals surface area contributed by atoms with E-state index in [1.807, 2.05) is 7.05 Å². The lowest BCUT2D eigenvalue weighted by molar-refractivity contribution is 0.374. The molecule has 0 aliphatic carbocycles. The minimum atomic E-state index is 0.903. The summed E-state index contributed by atoms with van der Waals surface area (Å²) in [5, 5.41) is 2.58. The summed E-state index contributed by atoms with van der Waals surface area (Å²) in [5.41, 5.74) is 0. The van der Waals surface area contributed by atoms with Crippen LogP contribution in [0.15, 0.2) is 0 Å². The number of halogens is 1. The van der Waals surface area contributed by atoms with Crippen LogP contribution < -0.4 is 5.84 Å². The molecule has 0 saturated carbocycles. The minimum Gasteiger partial charge on any atom is -0.269 e. The average molecular weight is 153 g/mol. The van der Waals surface area contributed by atoms with Crippen molar-refractivity contribution < 1.29 is 0 Å². The molecule has 0 aromatic carbocycles. The van der Waals surface area contributed by atoms with Gasteiger partial charge in [-0.15, -0.1) is 0 Å². The fourth-order valence-electron chi connectivity index (χ4n) is 0.133. The first-order chi connectivity index (χ1) is 2.77. The summed E-state index contributed by atoms with van der Waals surface area (Å²) in [4.78, 5) is 0. The van der Waals surface area contributed by atoms with Gasteiger partial charge in [0.05, 0.1) is 0 Å². The second-order valence-electron chi connectivity index (χ2n) is 1.17. The molecule has 0 amide bonds. The van der Waals surface area contributed by atoms with Gasteiger partial charge in [-0.25, -0.2) is 5.01 Å². The second-order valence-corrected chi connectivity index (χ2v) is 1.96. The van der Waals surface area contributed by atoms with Crippen molar-refractivity contribution in [3.05, 3.63) is 0 Å². The van der Waals surface area contributed by atoms with Crippen LogP contribution in [0.25, 0.3) is 0 Å². The molecule has 2 nitrogen and oxygen atoms in total. The molecule has 0 heterocycles. The van der Waals surface area contributed by atoms with Crippen LogP contribution in [0.5, 0.6) is 0 Å². The van der Waals surface area contributed by atoms with Crippen molar-refractivity contribution in [2.75, 3.05) is 18.9 Å². The second kappa shape index (κ2) is 3.59. The van der Waals surface area contributed by atoms with E-state index < -0.39 is 0 Å². The fraction of sp³-hybridized carbons (Fsp3) is 1.00. The summed E-state index contributed by atoms with van der Waals surface area (Å²) in [7, 11) is 1.83. The van der Waals surface area contributed by atoms with E-state index in [9.17, 15) is 0 Å². The van der Waals surface area contributed by atoms with Crippen LogP contribution in [0, 0.1) is 0 Å². The number of hydrogen-bond acceptors (Lipinski definition) is 2. The molecular weight excluding hydrogens is 144 g/mol. The molecule has 0 unspecified atom stereocenters. The molecular formula is C3H9BrN2. The number of hydrazine groups is 1. The highest BCUT2D eigenvalue weighted by molar-refractivity contribution is 9.09. The fourth-order valence-corrected chi connectivity index (χ4v) is 0.693. The minimum absolute atomic E-state index is 0.903. The average Bonchev–Trinajstić information content (AvgIpc) is 1.35. The molecule has 0 spiro atoms. The third kappa shape index (κ3) is 4.40. The molecule has 0 atom stereocenters. The Bertz CT molecular complexity index is 30.0.